The van der Waals surface area contributed by atoms with Gasteiger partial charge in [-0.2, -0.15) is 0 Å². The van der Waals surface area contributed by atoms with E-state index < -0.39 is 0 Å². The van der Waals surface area contributed by atoms with Crippen LogP contribution in [0, 0.1) is 6.92 Å². The molecule has 5 heterocycles. The van der Waals surface area contributed by atoms with E-state index in [0.29, 0.717) is 0 Å². The molecule has 0 atom stereocenters. The Balaban J connectivity index is 0.928. The van der Waals surface area contributed by atoms with Crippen LogP contribution in [0.3, 0.4) is 0 Å². The van der Waals surface area contributed by atoms with Gasteiger partial charge in [0.05, 0.1) is 16.6 Å². The molecular weight excluding hydrogens is 815 g/mol. The summed E-state index contributed by atoms with van der Waals surface area (Å²) in [6, 6.07) is 67.1. The Hall–Kier alpha value is -7.57. The van der Waals surface area contributed by atoms with E-state index >= 15 is 0 Å². The van der Waals surface area contributed by atoms with Gasteiger partial charge in [0.2, 0.25) is 0 Å². The molecule has 0 amide bonds. The first-order valence-electron chi connectivity index (χ1n) is 21.8. The second-order valence-corrected chi connectivity index (χ2v) is 18.8. The number of pyridine rings is 1. The molecular formula is C59H39N3S2. The maximum atomic E-state index is 5.02. The normalized spacial score (nSPS) is 12.2. The van der Waals surface area contributed by atoms with E-state index in [0.717, 1.165) is 27.9 Å². The van der Waals surface area contributed by atoms with Crippen LogP contribution in [0.25, 0.3) is 125 Å². The summed E-state index contributed by atoms with van der Waals surface area (Å²) in [7, 11) is 0. The molecule has 0 saturated heterocycles. The molecule has 0 spiro atoms. The minimum absolute atomic E-state index is 0.955. The lowest BCUT2D eigenvalue weighted by Crippen LogP contribution is -1.97. The summed E-state index contributed by atoms with van der Waals surface area (Å²) in [4.78, 5) is 6.34. The lowest BCUT2D eigenvalue weighted by molar-refractivity contribution is 1.13. The van der Waals surface area contributed by atoms with Crippen LogP contribution in [-0.2, 0) is 0 Å². The highest BCUT2D eigenvalue weighted by atomic mass is 32.1. The average Bonchev–Trinajstić information content (AvgIpc) is 4.09. The van der Waals surface area contributed by atoms with Gasteiger partial charge in [-0.3, -0.25) is 4.57 Å². The molecule has 302 valence electrons. The fraction of sp³-hybridized carbons (Fsp3) is 0.0339. The van der Waals surface area contributed by atoms with Gasteiger partial charge in [0.1, 0.15) is 5.65 Å². The van der Waals surface area contributed by atoms with Crippen LogP contribution in [0.15, 0.2) is 194 Å². The number of thiophene rings is 2. The molecule has 8 aromatic carbocycles. The summed E-state index contributed by atoms with van der Waals surface area (Å²) in [5.41, 5.74) is 15.4. The van der Waals surface area contributed by atoms with E-state index in [2.05, 4.69) is 217 Å². The Kier molecular flexibility index (Phi) is 8.39. The number of para-hydroxylation sites is 1. The van der Waals surface area contributed by atoms with Crippen LogP contribution >= 0.6 is 22.7 Å². The third-order valence-electron chi connectivity index (χ3n) is 13.1. The van der Waals surface area contributed by atoms with Crippen molar-refractivity contribution in [2.24, 2.45) is 0 Å². The van der Waals surface area contributed by atoms with Gasteiger partial charge in [0.15, 0.2) is 0 Å². The van der Waals surface area contributed by atoms with Crippen LogP contribution in [0.4, 0.5) is 0 Å². The lowest BCUT2D eigenvalue weighted by atomic mass is 9.97. The summed E-state index contributed by atoms with van der Waals surface area (Å²) in [5, 5.41) is 8.73. The third kappa shape index (κ3) is 5.61. The number of hydrogen-bond acceptors (Lipinski definition) is 3. The van der Waals surface area contributed by atoms with Gasteiger partial charge in [-0.25, -0.2) is 4.98 Å². The maximum Gasteiger partial charge on any atom is 0.145 e. The maximum absolute atomic E-state index is 5.02. The minimum atomic E-state index is 0.955. The standard InChI is InChI=1S/C59H39N3S2/c1-3-13-55-36(2)43-20-10-21-44(57(43)63-55)39-16-8-14-37(32-39)38-15-9-17-41(33-38)61-52-25-6-4-18-46(52)51-35-42(28-30-53(51)61)62-54-29-27-40(34-50(54)49-24-12-31-60-59(49)62)45-22-11-23-48-47-19-5-7-26-56(47)64-58(45)48/h3-35H,1-2H3. The predicted octanol–water partition coefficient (Wildman–Crippen LogP) is 17.2. The van der Waals surface area contributed by atoms with Gasteiger partial charge >= 0.3 is 0 Å². The van der Waals surface area contributed by atoms with Crippen LogP contribution in [0.1, 0.15) is 17.4 Å². The monoisotopic (exact) mass is 853 g/mol. The molecule has 5 aromatic heterocycles. The van der Waals surface area contributed by atoms with Crippen molar-refractivity contribution >= 4 is 103 Å². The van der Waals surface area contributed by atoms with Crippen LogP contribution in [-0.4, -0.2) is 14.1 Å². The highest BCUT2D eigenvalue weighted by Gasteiger charge is 2.19. The number of benzene rings is 8. The Morgan fingerprint density at radius 1 is 0.438 bits per heavy atom. The highest BCUT2D eigenvalue weighted by molar-refractivity contribution is 7.26. The SMILES string of the molecule is CC=Cc1sc2c(-c3cccc(-c4cccc(-n5c6ccccc6c6cc(-n7c8ccc(-c9cccc%10c9sc9ccccc9%10)cc8c8cccnc87)ccc65)c4)c3)cccc2c1C. The van der Waals surface area contributed by atoms with Gasteiger partial charge in [0.25, 0.3) is 0 Å². The molecule has 0 saturated carbocycles. The quantitative estimate of drug-likeness (QED) is 0.163. The Labute approximate surface area is 378 Å². The Bertz CT molecular complexity index is 4060. The average molecular weight is 854 g/mol. The number of aryl methyl sites for hydroxylation is 1. The van der Waals surface area contributed by atoms with Crippen molar-refractivity contribution in [1.29, 1.82) is 0 Å². The van der Waals surface area contributed by atoms with Crippen LogP contribution < -0.4 is 0 Å². The predicted molar refractivity (Wildman–Crippen MR) is 277 cm³/mol. The summed E-state index contributed by atoms with van der Waals surface area (Å²) in [6.45, 7) is 4.33. The van der Waals surface area contributed by atoms with Gasteiger partial charge in [-0.1, -0.05) is 115 Å². The number of fused-ring (bicyclic) bond motifs is 10. The zero-order valence-corrected chi connectivity index (χ0v) is 36.8. The second kappa shape index (κ2) is 14.5. The summed E-state index contributed by atoms with van der Waals surface area (Å²) in [6.07, 6.45) is 6.27. The molecule has 0 aliphatic carbocycles. The van der Waals surface area contributed by atoms with Crippen molar-refractivity contribution in [3.8, 4) is 44.8 Å². The van der Waals surface area contributed by atoms with Gasteiger partial charge in [-0.05, 0) is 137 Å². The topological polar surface area (TPSA) is 22.8 Å². The zero-order chi connectivity index (χ0) is 42.5. The van der Waals surface area contributed by atoms with Crippen LogP contribution in [0.5, 0.6) is 0 Å². The Morgan fingerprint density at radius 3 is 1.94 bits per heavy atom. The third-order valence-corrected chi connectivity index (χ3v) is 15.6. The molecule has 0 aliphatic rings. The molecule has 64 heavy (non-hydrogen) atoms. The Morgan fingerprint density at radius 2 is 1.06 bits per heavy atom. The van der Waals surface area contributed by atoms with E-state index in [4.69, 9.17) is 4.98 Å². The largest absolute Gasteiger partial charge is 0.309 e. The molecule has 3 nitrogen and oxygen atoms in total. The number of rotatable bonds is 6. The van der Waals surface area contributed by atoms with Crippen molar-refractivity contribution in [3.63, 3.8) is 0 Å². The molecule has 13 rings (SSSR count). The first kappa shape index (κ1) is 37.0. The molecule has 0 unspecified atom stereocenters. The van der Waals surface area contributed by atoms with Crippen molar-refractivity contribution in [2.75, 3.05) is 0 Å². The van der Waals surface area contributed by atoms with Crippen LogP contribution in [0.2, 0.25) is 0 Å². The van der Waals surface area contributed by atoms with E-state index in [1.807, 2.05) is 28.9 Å². The van der Waals surface area contributed by atoms with E-state index in [1.54, 1.807) is 0 Å². The van der Waals surface area contributed by atoms with E-state index in [9.17, 15) is 0 Å². The smallest absolute Gasteiger partial charge is 0.145 e. The van der Waals surface area contributed by atoms with Gasteiger partial charge in [0, 0.05) is 68.9 Å². The summed E-state index contributed by atoms with van der Waals surface area (Å²) in [5.74, 6) is 0. The fourth-order valence-electron chi connectivity index (χ4n) is 10.1. The summed E-state index contributed by atoms with van der Waals surface area (Å²) >= 11 is 3.76. The minimum Gasteiger partial charge on any atom is -0.309 e. The first-order chi connectivity index (χ1) is 31.6. The molecule has 0 radical (unpaired) electrons. The summed E-state index contributed by atoms with van der Waals surface area (Å²) < 4.78 is 8.74. The molecule has 0 fully saturated rings. The van der Waals surface area contributed by atoms with Gasteiger partial charge in [-0.15, -0.1) is 22.7 Å². The molecule has 13 aromatic rings. The van der Waals surface area contributed by atoms with E-state index in [1.165, 1.54) is 101 Å². The fourth-order valence-corrected chi connectivity index (χ4v) is 12.7. The number of hydrogen-bond donors (Lipinski definition) is 0. The van der Waals surface area contributed by atoms with Crippen molar-refractivity contribution in [3.05, 3.63) is 205 Å². The second-order valence-electron chi connectivity index (χ2n) is 16.7. The molecule has 0 bridgehead atoms. The highest BCUT2D eigenvalue weighted by Crippen LogP contribution is 2.44. The lowest BCUT2D eigenvalue weighted by Gasteiger charge is -2.12. The van der Waals surface area contributed by atoms with E-state index in [-0.39, 0.29) is 0 Å². The van der Waals surface area contributed by atoms with Crippen molar-refractivity contribution < 1.29 is 0 Å². The zero-order valence-electron chi connectivity index (χ0n) is 35.2. The molecule has 0 N–H and O–H groups in total. The number of nitrogens with zero attached hydrogens (tertiary/aromatic N) is 3. The number of aromatic nitrogens is 3. The first-order valence-corrected chi connectivity index (χ1v) is 23.4. The van der Waals surface area contributed by atoms with Crippen molar-refractivity contribution in [1.82, 2.24) is 14.1 Å². The number of allylic oxidation sites excluding steroid dienone is 1. The van der Waals surface area contributed by atoms with Gasteiger partial charge < -0.3 is 4.57 Å². The molecule has 0 aliphatic heterocycles. The van der Waals surface area contributed by atoms with Crippen molar-refractivity contribution in [2.45, 2.75) is 13.8 Å². The molecule has 5 heteroatoms.